The van der Waals surface area contributed by atoms with E-state index in [0.29, 0.717) is 23.6 Å². The minimum absolute atomic E-state index is 0. The van der Waals surface area contributed by atoms with E-state index in [1.54, 1.807) is 18.2 Å². The normalized spacial score (nSPS) is 14.2. The summed E-state index contributed by atoms with van der Waals surface area (Å²) in [6.45, 7) is 6.73. The van der Waals surface area contributed by atoms with Gasteiger partial charge in [-0.2, -0.15) is 12.2 Å². The van der Waals surface area contributed by atoms with E-state index in [0.717, 1.165) is 10.2 Å². The van der Waals surface area contributed by atoms with Crippen LogP contribution >= 0.6 is 15.9 Å². The van der Waals surface area contributed by atoms with E-state index in [1.807, 2.05) is 11.8 Å². The maximum absolute atomic E-state index is 14.3. The van der Waals surface area contributed by atoms with Crippen LogP contribution in [0.4, 0.5) is 4.39 Å². The van der Waals surface area contributed by atoms with Gasteiger partial charge in [0.1, 0.15) is 5.75 Å². The molecule has 1 heterocycles. The fourth-order valence-corrected chi connectivity index (χ4v) is 2.36. The van der Waals surface area contributed by atoms with E-state index in [4.69, 9.17) is 9.47 Å². The second-order valence-corrected chi connectivity index (χ2v) is 5.22. The van der Waals surface area contributed by atoms with E-state index in [1.165, 1.54) is 13.2 Å². The summed E-state index contributed by atoms with van der Waals surface area (Å²) in [6.07, 6.45) is 4.84. The van der Waals surface area contributed by atoms with Crippen LogP contribution in [0.5, 0.6) is 5.75 Å². The number of ether oxygens (including phenoxy) is 2. The second-order valence-electron chi connectivity index (χ2n) is 4.37. The molecule has 0 unspecified atom stereocenters. The molecule has 6 heteroatoms. The van der Waals surface area contributed by atoms with Gasteiger partial charge in [-0.25, -0.2) is 4.39 Å². The topological polar surface area (TPSA) is 21.7 Å². The molecule has 1 aliphatic rings. The molecule has 0 atom stereocenters. The van der Waals surface area contributed by atoms with Crippen molar-refractivity contribution in [3.8, 4) is 5.75 Å². The predicted molar refractivity (Wildman–Crippen MR) is 84.1 cm³/mol. The standard InChI is InChI=1S/C16H16BrFNO2.Y/c1-4-19-11(2)14(17)7-8-16(19)13-6-5-12(9-15(13)18)21-10-20-3;/h5-7,9H,2,4,10H2,1,3H3;/q-1;. The summed E-state index contributed by atoms with van der Waals surface area (Å²) in [4.78, 5) is 1.90. The van der Waals surface area contributed by atoms with Gasteiger partial charge in [-0.05, 0) is 18.7 Å². The van der Waals surface area contributed by atoms with E-state index in [2.05, 4.69) is 28.6 Å². The average Bonchev–Trinajstić information content (AvgIpc) is 2.48. The van der Waals surface area contributed by atoms with Gasteiger partial charge in [0.15, 0.2) is 6.79 Å². The van der Waals surface area contributed by atoms with Crippen LogP contribution in [0.3, 0.4) is 0 Å². The van der Waals surface area contributed by atoms with Gasteiger partial charge in [0, 0.05) is 52.4 Å². The summed E-state index contributed by atoms with van der Waals surface area (Å²) in [5.41, 5.74) is 1.89. The molecule has 0 aromatic heterocycles. The zero-order valence-electron chi connectivity index (χ0n) is 12.5. The van der Waals surface area contributed by atoms with Crippen molar-refractivity contribution in [2.75, 3.05) is 20.4 Å². The van der Waals surface area contributed by atoms with Crippen molar-refractivity contribution in [3.05, 3.63) is 58.5 Å². The molecule has 1 aromatic carbocycles. The molecule has 115 valence electrons. The zero-order chi connectivity index (χ0) is 15.4. The van der Waals surface area contributed by atoms with Gasteiger partial charge in [-0.3, -0.25) is 0 Å². The Bertz CT molecular complexity index is 616. The molecule has 1 aliphatic heterocycles. The molecule has 0 aliphatic carbocycles. The van der Waals surface area contributed by atoms with E-state index >= 15 is 0 Å². The third-order valence-electron chi connectivity index (χ3n) is 3.06. The second kappa shape index (κ2) is 8.97. The van der Waals surface area contributed by atoms with E-state index < -0.39 is 0 Å². The third-order valence-corrected chi connectivity index (χ3v) is 3.75. The Morgan fingerprint density at radius 3 is 2.73 bits per heavy atom. The number of rotatable bonds is 5. The molecule has 0 saturated heterocycles. The average molecular weight is 442 g/mol. The van der Waals surface area contributed by atoms with Gasteiger partial charge in [0.2, 0.25) is 0 Å². The summed E-state index contributed by atoms with van der Waals surface area (Å²) >= 11 is 3.41. The van der Waals surface area contributed by atoms with E-state index in [-0.39, 0.29) is 45.3 Å². The first-order valence-electron chi connectivity index (χ1n) is 6.46. The number of likely N-dealkylation sites (N-methyl/N-ethyl adjacent to an activating group) is 1. The molecule has 22 heavy (non-hydrogen) atoms. The molecule has 2 rings (SSSR count). The molecule has 0 amide bonds. The summed E-state index contributed by atoms with van der Waals surface area (Å²) in [6, 6.07) is 4.72. The van der Waals surface area contributed by atoms with Crippen LogP contribution in [0, 0.1) is 11.9 Å². The van der Waals surface area contributed by atoms with Gasteiger partial charge < -0.3 is 14.4 Å². The fraction of sp³-hybridized carbons (Fsp3) is 0.250. The first-order valence-corrected chi connectivity index (χ1v) is 7.25. The largest absolute Gasteiger partial charge is 0.468 e. The number of nitrogens with zero attached hydrogens (tertiary/aromatic N) is 1. The molecule has 0 N–H and O–H groups in total. The predicted octanol–water partition coefficient (Wildman–Crippen LogP) is 4.08. The van der Waals surface area contributed by atoms with Gasteiger partial charge in [0.05, 0.1) is 5.82 Å². The Balaban J connectivity index is 0.00000242. The zero-order valence-corrected chi connectivity index (χ0v) is 17.0. The first-order chi connectivity index (χ1) is 10.1. The van der Waals surface area contributed by atoms with Crippen LogP contribution in [-0.4, -0.2) is 25.3 Å². The van der Waals surface area contributed by atoms with Gasteiger partial charge in [-0.1, -0.05) is 22.3 Å². The number of hydrogen-bond acceptors (Lipinski definition) is 3. The van der Waals surface area contributed by atoms with Gasteiger partial charge in [0.25, 0.3) is 0 Å². The molecule has 1 radical (unpaired) electrons. The van der Waals surface area contributed by atoms with Crippen LogP contribution in [0.15, 0.2) is 41.0 Å². The van der Waals surface area contributed by atoms with Crippen LogP contribution in [-0.2, 0) is 37.4 Å². The maximum atomic E-state index is 14.3. The summed E-state index contributed by atoms with van der Waals surface area (Å²) in [7, 11) is 1.52. The fourth-order valence-electron chi connectivity index (χ4n) is 2.03. The van der Waals surface area contributed by atoms with Crippen molar-refractivity contribution in [1.29, 1.82) is 0 Å². The van der Waals surface area contributed by atoms with E-state index in [9.17, 15) is 4.39 Å². The number of halogens is 2. The molecular formula is C16H16BrFNO2Y-. The van der Waals surface area contributed by atoms with Crippen LogP contribution in [0.2, 0.25) is 0 Å². The number of benzene rings is 1. The first kappa shape index (κ1) is 19.6. The van der Waals surface area contributed by atoms with Crippen molar-refractivity contribution >= 4 is 21.6 Å². The van der Waals surface area contributed by atoms with Gasteiger partial charge in [-0.15, -0.1) is 22.0 Å². The van der Waals surface area contributed by atoms with Crippen molar-refractivity contribution in [2.24, 2.45) is 0 Å². The molecule has 1 aromatic rings. The third kappa shape index (κ3) is 4.28. The van der Waals surface area contributed by atoms with Crippen LogP contribution in [0.25, 0.3) is 5.70 Å². The quantitative estimate of drug-likeness (QED) is 0.507. The molecule has 3 nitrogen and oxygen atoms in total. The van der Waals surface area contributed by atoms with Crippen molar-refractivity contribution in [2.45, 2.75) is 6.92 Å². The SMILES string of the molecule is C=C1C(Br)=C[C-]=C(c2ccc(OCOC)cc2F)N1CC.[Y]. The molecule has 0 fully saturated rings. The number of hydrogen-bond donors (Lipinski definition) is 0. The monoisotopic (exact) mass is 441 g/mol. The minimum Gasteiger partial charge on any atom is -0.468 e. The van der Waals surface area contributed by atoms with Crippen LogP contribution in [0.1, 0.15) is 12.5 Å². The van der Waals surface area contributed by atoms with Crippen LogP contribution < -0.4 is 4.74 Å². The number of methoxy groups -OCH3 is 1. The van der Waals surface area contributed by atoms with Crippen molar-refractivity contribution in [3.63, 3.8) is 0 Å². The number of allylic oxidation sites excluding steroid dienone is 3. The Hall–Kier alpha value is -0.486. The molecule has 0 saturated carbocycles. The maximum Gasteiger partial charge on any atom is 0.188 e. The Labute approximate surface area is 163 Å². The Morgan fingerprint density at radius 2 is 2.14 bits per heavy atom. The summed E-state index contributed by atoms with van der Waals surface area (Å²) in [5.74, 6) is 0.0527. The molecule has 0 bridgehead atoms. The Morgan fingerprint density at radius 1 is 1.41 bits per heavy atom. The Kier molecular flexibility index (Phi) is 7.97. The summed E-state index contributed by atoms with van der Waals surface area (Å²) in [5, 5.41) is 0. The smallest absolute Gasteiger partial charge is 0.188 e. The van der Waals surface area contributed by atoms with Crippen molar-refractivity contribution < 1.29 is 46.6 Å². The summed E-state index contributed by atoms with van der Waals surface area (Å²) < 4.78 is 25.2. The van der Waals surface area contributed by atoms with Crippen molar-refractivity contribution in [1.82, 2.24) is 4.90 Å². The molecule has 0 spiro atoms. The molecular weight excluding hydrogens is 426 g/mol. The van der Waals surface area contributed by atoms with Gasteiger partial charge >= 0.3 is 0 Å². The minimum atomic E-state index is -0.372.